The SMILES string of the molecule is CCCc1cnc(N2CCN(S(=O)(=O)c3ccc(C)cc3)CC2)s1. The molecule has 130 valence electrons. The van der Waals surface area contributed by atoms with Crippen LogP contribution in [0.4, 0.5) is 5.13 Å². The van der Waals surface area contributed by atoms with Gasteiger partial charge in [-0.25, -0.2) is 13.4 Å². The van der Waals surface area contributed by atoms with Crippen molar-refractivity contribution in [1.29, 1.82) is 0 Å². The predicted molar refractivity (Wildman–Crippen MR) is 98.3 cm³/mol. The summed E-state index contributed by atoms with van der Waals surface area (Å²) in [4.78, 5) is 8.35. The van der Waals surface area contributed by atoms with Crippen LogP contribution in [-0.4, -0.2) is 43.9 Å². The number of benzene rings is 1. The van der Waals surface area contributed by atoms with Gasteiger partial charge in [-0.2, -0.15) is 4.31 Å². The Morgan fingerprint density at radius 2 is 1.79 bits per heavy atom. The first kappa shape index (κ1) is 17.4. The third-order valence-corrected chi connectivity index (χ3v) is 7.24. The molecule has 0 N–H and O–H groups in total. The first-order valence-corrected chi connectivity index (χ1v) is 10.5. The predicted octanol–water partition coefficient (Wildman–Crippen LogP) is 2.91. The number of aromatic nitrogens is 1. The Hall–Kier alpha value is -1.44. The minimum absolute atomic E-state index is 0.376. The molecule has 2 heterocycles. The van der Waals surface area contributed by atoms with Crippen LogP contribution in [0.25, 0.3) is 0 Å². The number of hydrogen-bond donors (Lipinski definition) is 0. The standard InChI is InChI=1S/C17H23N3O2S2/c1-3-4-15-13-18-17(23-15)19-9-11-20(12-10-19)24(21,22)16-7-5-14(2)6-8-16/h5-8,13H,3-4,9-12H2,1-2H3. The molecule has 0 saturated carbocycles. The van der Waals surface area contributed by atoms with Crippen LogP contribution in [0.15, 0.2) is 35.4 Å². The third kappa shape index (κ3) is 3.63. The number of hydrogen-bond acceptors (Lipinski definition) is 5. The maximum absolute atomic E-state index is 12.7. The summed E-state index contributed by atoms with van der Waals surface area (Å²) in [6.07, 6.45) is 4.11. The van der Waals surface area contributed by atoms with Gasteiger partial charge in [0.05, 0.1) is 4.90 Å². The maximum atomic E-state index is 12.7. The van der Waals surface area contributed by atoms with E-state index in [0.717, 1.165) is 23.5 Å². The minimum Gasteiger partial charge on any atom is -0.345 e. The molecule has 1 fully saturated rings. The smallest absolute Gasteiger partial charge is 0.243 e. The summed E-state index contributed by atoms with van der Waals surface area (Å²) >= 11 is 1.72. The summed E-state index contributed by atoms with van der Waals surface area (Å²) in [6, 6.07) is 7.06. The van der Waals surface area contributed by atoms with Gasteiger partial charge in [-0.05, 0) is 25.5 Å². The molecule has 0 atom stereocenters. The number of sulfonamides is 1. The van der Waals surface area contributed by atoms with Gasteiger partial charge in [-0.1, -0.05) is 31.0 Å². The number of anilines is 1. The zero-order chi connectivity index (χ0) is 17.2. The molecule has 0 amide bonds. The minimum atomic E-state index is -3.40. The van der Waals surface area contributed by atoms with Crippen LogP contribution < -0.4 is 4.90 Å². The van der Waals surface area contributed by atoms with Crippen molar-refractivity contribution in [2.45, 2.75) is 31.6 Å². The molecule has 5 nitrogen and oxygen atoms in total. The molecule has 0 radical (unpaired) electrons. The molecule has 0 unspecified atom stereocenters. The van der Waals surface area contributed by atoms with Crippen molar-refractivity contribution in [3.63, 3.8) is 0 Å². The second-order valence-electron chi connectivity index (χ2n) is 6.06. The molecule has 24 heavy (non-hydrogen) atoms. The van der Waals surface area contributed by atoms with Crippen LogP contribution in [0.2, 0.25) is 0 Å². The summed E-state index contributed by atoms with van der Waals surface area (Å²) in [5.41, 5.74) is 1.06. The highest BCUT2D eigenvalue weighted by molar-refractivity contribution is 7.89. The molecule has 1 saturated heterocycles. The average Bonchev–Trinajstić information content (AvgIpc) is 3.04. The van der Waals surface area contributed by atoms with Crippen LogP contribution >= 0.6 is 11.3 Å². The van der Waals surface area contributed by atoms with Crippen molar-refractivity contribution in [3.8, 4) is 0 Å². The fourth-order valence-corrected chi connectivity index (χ4v) is 5.27. The van der Waals surface area contributed by atoms with Gasteiger partial charge in [0.1, 0.15) is 0 Å². The Morgan fingerprint density at radius 1 is 1.12 bits per heavy atom. The lowest BCUT2D eigenvalue weighted by Gasteiger charge is -2.33. The summed E-state index contributed by atoms with van der Waals surface area (Å²) in [5, 5.41) is 1.01. The first-order chi connectivity index (χ1) is 11.5. The average molecular weight is 366 g/mol. The number of piperazine rings is 1. The molecule has 1 aromatic heterocycles. The van der Waals surface area contributed by atoms with Gasteiger partial charge in [0, 0.05) is 37.3 Å². The summed E-state index contributed by atoms with van der Waals surface area (Å²) in [7, 11) is -3.40. The molecular formula is C17H23N3O2S2. The second kappa shape index (κ2) is 7.21. The molecule has 0 bridgehead atoms. The maximum Gasteiger partial charge on any atom is 0.243 e. The monoisotopic (exact) mass is 365 g/mol. The third-order valence-electron chi connectivity index (χ3n) is 4.21. The van der Waals surface area contributed by atoms with Gasteiger partial charge < -0.3 is 4.90 Å². The molecule has 1 aliphatic rings. The van der Waals surface area contributed by atoms with Crippen molar-refractivity contribution in [3.05, 3.63) is 40.9 Å². The van der Waals surface area contributed by atoms with Gasteiger partial charge in [-0.3, -0.25) is 0 Å². The van der Waals surface area contributed by atoms with Gasteiger partial charge in [0.25, 0.3) is 0 Å². The highest BCUT2D eigenvalue weighted by atomic mass is 32.2. The zero-order valence-corrected chi connectivity index (χ0v) is 15.7. The second-order valence-corrected chi connectivity index (χ2v) is 9.09. The van der Waals surface area contributed by atoms with Crippen molar-refractivity contribution in [2.75, 3.05) is 31.1 Å². The highest BCUT2D eigenvalue weighted by Gasteiger charge is 2.29. The largest absolute Gasteiger partial charge is 0.345 e. The van der Waals surface area contributed by atoms with E-state index in [1.54, 1.807) is 27.8 Å². The number of aryl methyl sites for hydroxylation is 2. The van der Waals surface area contributed by atoms with E-state index in [-0.39, 0.29) is 0 Å². The van der Waals surface area contributed by atoms with E-state index in [1.165, 1.54) is 4.88 Å². The van der Waals surface area contributed by atoms with Crippen molar-refractivity contribution >= 4 is 26.5 Å². The molecule has 3 rings (SSSR count). The topological polar surface area (TPSA) is 53.5 Å². The fraction of sp³-hybridized carbons (Fsp3) is 0.471. The van der Waals surface area contributed by atoms with Crippen LogP contribution in [0.5, 0.6) is 0 Å². The highest BCUT2D eigenvalue weighted by Crippen LogP contribution is 2.26. The first-order valence-electron chi connectivity index (χ1n) is 8.27. The van der Waals surface area contributed by atoms with Crippen LogP contribution in [0.3, 0.4) is 0 Å². The molecule has 1 aliphatic heterocycles. The Balaban J connectivity index is 1.66. The molecule has 1 aromatic carbocycles. The summed E-state index contributed by atoms with van der Waals surface area (Å²) < 4.78 is 27.0. The Morgan fingerprint density at radius 3 is 2.42 bits per heavy atom. The van der Waals surface area contributed by atoms with E-state index in [2.05, 4.69) is 16.8 Å². The lowest BCUT2D eigenvalue weighted by atomic mass is 10.2. The number of thiazole rings is 1. The van der Waals surface area contributed by atoms with Gasteiger partial charge in [0.2, 0.25) is 10.0 Å². The molecule has 0 aliphatic carbocycles. The molecule has 0 spiro atoms. The Bertz CT molecular complexity index is 776. The van der Waals surface area contributed by atoms with Gasteiger partial charge in [0.15, 0.2) is 5.13 Å². The molecule has 2 aromatic rings. The van der Waals surface area contributed by atoms with E-state index in [9.17, 15) is 8.42 Å². The van der Waals surface area contributed by atoms with E-state index in [0.29, 0.717) is 31.1 Å². The van der Waals surface area contributed by atoms with Crippen LogP contribution in [-0.2, 0) is 16.4 Å². The van der Waals surface area contributed by atoms with E-state index in [1.807, 2.05) is 25.3 Å². The van der Waals surface area contributed by atoms with E-state index < -0.39 is 10.0 Å². The summed E-state index contributed by atoms with van der Waals surface area (Å²) in [6.45, 7) is 6.48. The van der Waals surface area contributed by atoms with E-state index >= 15 is 0 Å². The quantitative estimate of drug-likeness (QED) is 0.817. The van der Waals surface area contributed by atoms with Crippen molar-refractivity contribution in [2.24, 2.45) is 0 Å². The molecule has 7 heteroatoms. The number of rotatable bonds is 5. The van der Waals surface area contributed by atoms with Crippen LogP contribution in [0.1, 0.15) is 23.8 Å². The van der Waals surface area contributed by atoms with Gasteiger partial charge >= 0.3 is 0 Å². The van der Waals surface area contributed by atoms with Crippen molar-refractivity contribution < 1.29 is 8.42 Å². The normalized spacial score (nSPS) is 16.5. The Kier molecular flexibility index (Phi) is 5.22. The fourth-order valence-electron chi connectivity index (χ4n) is 2.78. The van der Waals surface area contributed by atoms with Crippen molar-refractivity contribution in [1.82, 2.24) is 9.29 Å². The lowest BCUT2D eigenvalue weighted by Crippen LogP contribution is -2.48. The van der Waals surface area contributed by atoms with Crippen LogP contribution in [0, 0.1) is 6.92 Å². The summed E-state index contributed by atoms with van der Waals surface area (Å²) in [5.74, 6) is 0. The zero-order valence-electron chi connectivity index (χ0n) is 14.1. The van der Waals surface area contributed by atoms with Gasteiger partial charge in [-0.15, -0.1) is 11.3 Å². The molecular weight excluding hydrogens is 342 g/mol. The number of nitrogens with zero attached hydrogens (tertiary/aromatic N) is 3. The van der Waals surface area contributed by atoms with E-state index in [4.69, 9.17) is 0 Å². The lowest BCUT2D eigenvalue weighted by molar-refractivity contribution is 0.385. The Labute approximate surface area is 148 Å².